The van der Waals surface area contributed by atoms with Gasteiger partial charge in [0.05, 0.1) is 11.5 Å². The van der Waals surface area contributed by atoms with Crippen LogP contribution in [-0.4, -0.2) is 30.9 Å². The Kier molecular flexibility index (Phi) is 3.66. The Morgan fingerprint density at radius 2 is 1.68 bits per heavy atom. The van der Waals surface area contributed by atoms with Crippen molar-refractivity contribution < 1.29 is 26.0 Å². The van der Waals surface area contributed by atoms with Gasteiger partial charge in [-0.05, 0) is 12.8 Å². The first kappa shape index (κ1) is 14.0. The van der Waals surface area contributed by atoms with Crippen LogP contribution in [0.25, 0.3) is 0 Å². The molecule has 0 aliphatic carbocycles. The highest BCUT2D eigenvalue weighted by molar-refractivity contribution is 7.91. The van der Waals surface area contributed by atoms with Crippen LogP contribution in [0.1, 0.15) is 12.8 Å². The smallest absolute Gasteiger partial charge is 0.253 e. The number of nitrogens with one attached hydrogen (secondary N) is 1. The lowest BCUT2D eigenvalue weighted by atomic mass is 10.2. The summed E-state index contributed by atoms with van der Waals surface area (Å²) in [5.74, 6) is -7.23. The van der Waals surface area contributed by atoms with E-state index >= 15 is 0 Å². The Bertz CT molecular complexity index is 580. The summed E-state index contributed by atoms with van der Waals surface area (Å²) in [7, 11) is -3.31. The average Bonchev–Trinajstić information content (AvgIpc) is 2.31. The first-order chi connectivity index (χ1) is 8.80. The van der Waals surface area contributed by atoms with Crippen LogP contribution in [0, 0.1) is 23.5 Å². The molecule has 106 valence electrons. The highest BCUT2D eigenvalue weighted by Crippen LogP contribution is 2.25. The number of hydrogen-bond acceptors (Lipinski definition) is 4. The van der Waals surface area contributed by atoms with Crippen LogP contribution in [0.5, 0.6) is 0 Å². The van der Waals surface area contributed by atoms with Gasteiger partial charge in [-0.2, -0.15) is 22.5 Å². The van der Waals surface area contributed by atoms with E-state index in [9.17, 15) is 26.0 Å². The number of sulfone groups is 1. The summed E-state index contributed by atoms with van der Waals surface area (Å²) in [6, 6.07) is -0.788. The molecule has 1 saturated heterocycles. The second-order valence-electron chi connectivity index (χ2n) is 4.29. The molecule has 1 fully saturated rings. The molecule has 0 spiro atoms. The summed E-state index contributed by atoms with van der Waals surface area (Å²) < 4.78 is 75.2. The minimum atomic E-state index is -3.31. The van der Waals surface area contributed by atoms with Crippen molar-refractivity contribution in [1.82, 2.24) is 4.98 Å². The molecule has 1 aliphatic rings. The third kappa shape index (κ3) is 2.96. The van der Waals surface area contributed by atoms with Gasteiger partial charge in [0.1, 0.15) is 5.69 Å². The molecule has 1 unspecified atom stereocenters. The third-order valence-corrected chi connectivity index (χ3v) is 4.63. The van der Waals surface area contributed by atoms with E-state index in [1.165, 1.54) is 0 Å². The van der Waals surface area contributed by atoms with Crippen LogP contribution in [-0.2, 0) is 9.84 Å². The number of hydrogen-bond donors (Lipinski definition) is 1. The zero-order valence-corrected chi connectivity index (χ0v) is 10.4. The second-order valence-corrected chi connectivity index (χ2v) is 6.52. The van der Waals surface area contributed by atoms with Crippen molar-refractivity contribution in [2.45, 2.75) is 18.9 Å². The average molecular weight is 298 g/mol. The topological polar surface area (TPSA) is 59.1 Å². The van der Waals surface area contributed by atoms with Crippen molar-refractivity contribution in [3.63, 3.8) is 0 Å². The van der Waals surface area contributed by atoms with E-state index in [-0.39, 0.29) is 11.5 Å². The van der Waals surface area contributed by atoms with Crippen molar-refractivity contribution in [3.8, 4) is 0 Å². The quantitative estimate of drug-likeness (QED) is 0.666. The van der Waals surface area contributed by atoms with Crippen molar-refractivity contribution in [2.75, 3.05) is 16.8 Å². The maximum atomic E-state index is 13.3. The summed E-state index contributed by atoms with van der Waals surface area (Å²) in [6.45, 7) is 0. The number of rotatable bonds is 2. The molecule has 9 heteroatoms. The Labute approximate surface area is 106 Å². The number of nitrogens with zero attached hydrogens (tertiary/aromatic N) is 1. The number of aromatic nitrogens is 1. The van der Waals surface area contributed by atoms with E-state index in [2.05, 4.69) is 10.3 Å². The van der Waals surface area contributed by atoms with Gasteiger partial charge < -0.3 is 5.32 Å². The van der Waals surface area contributed by atoms with Gasteiger partial charge in [-0.3, -0.25) is 0 Å². The predicted molar refractivity (Wildman–Crippen MR) is 59.4 cm³/mol. The monoisotopic (exact) mass is 298 g/mol. The molecule has 1 aliphatic heterocycles. The summed E-state index contributed by atoms with van der Waals surface area (Å²) in [4.78, 5) is 2.41. The fraction of sp³-hybridized carbons (Fsp3) is 0.500. The van der Waals surface area contributed by atoms with Crippen LogP contribution in [0.15, 0.2) is 0 Å². The molecule has 2 rings (SSSR count). The molecule has 1 N–H and O–H groups in total. The summed E-state index contributed by atoms with van der Waals surface area (Å²) in [5.41, 5.74) is -1.02. The number of halogens is 4. The van der Waals surface area contributed by atoms with E-state index in [1.54, 1.807) is 0 Å². The van der Waals surface area contributed by atoms with Gasteiger partial charge in [0, 0.05) is 6.04 Å². The molecule has 1 aromatic heterocycles. The minimum absolute atomic E-state index is 0.00475. The molecule has 1 aromatic rings. The molecule has 0 aromatic carbocycles. The van der Waals surface area contributed by atoms with Gasteiger partial charge in [-0.15, -0.1) is 0 Å². The Morgan fingerprint density at radius 1 is 1.11 bits per heavy atom. The summed E-state index contributed by atoms with van der Waals surface area (Å²) in [6.07, 6.45) is 0.656. The van der Waals surface area contributed by atoms with Gasteiger partial charge in [-0.1, -0.05) is 0 Å². The maximum Gasteiger partial charge on any atom is 0.253 e. The minimum Gasteiger partial charge on any atom is -0.376 e. The van der Waals surface area contributed by atoms with E-state index < -0.39 is 45.1 Å². The lowest BCUT2D eigenvalue weighted by Gasteiger charge is -2.24. The fourth-order valence-electron chi connectivity index (χ4n) is 1.95. The highest BCUT2D eigenvalue weighted by Gasteiger charge is 2.28. The van der Waals surface area contributed by atoms with E-state index in [1.807, 2.05) is 0 Å². The third-order valence-electron chi connectivity index (χ3n) is 2.81. The maximum absolute atomic E-state index is 13.3. The Balaban J connectivity index is 2.29. The van der Waals surface area contributed by atoms with Gasteiger partial charge >= 0.3 is 0 Å². The van der Waals surface area contributed by atoms with Crippen molar-refractivity contribution in [1.29, 1.82) is 0 Å². The van der Waals surface area contributed by atoms with E-state index in [4.69, 9.17) is 0 Å². The lowest BCUT2D eigenvalue weighted by Crippen LogP contribution is -2.35. The van der Waals surface area contributed by atoms with Gasteiger partial charge in [-0.25, -0.2) is 8.42 Å². The Hall–Kier alpha value is -1.38. The standard InChI is InChI=1S/C10H10F4N2O2S/c11-6-8(7(12)10(14)16-9(6)13)15-5-2-1-3-19(17,18)4-5/h5H,1-4H2,(H,15,16). The van der Waals surface area contributed by atoms with Gasteiger partial charge in [0.2, 0.25) is 11.6 Å². The molecular weight excluding hydrogens is 288 g/mol. The molecular formula is C10H10F4N2O2S. The molecule has 0 saturated carbocycles. The van der Waals surface area contributed by atoms with Crippen molar-refractivity contribution in [3.05, 3.63) is 23.5 Å². The lowest BCUT2D eigenvalue weighted by molar-refractivity contribution is 0.409. The molecule has 0 bridgehead atoms. The molecule has 2 heterocycles. The van der Waals surface area contributed by atoms with Gasteiger partial charge in [0.15, 0.2) is 9.84 Å². The fourth-order valence-corrected chi connectivity index (χ4v) is 3.59. The SMILES string of the molecule is O=S1(=O)CCCC(Nc2c(F)c(F)nc(F)c2F)C1. The summed E-state index contributed by atoms with van der Waals surface area (Å²) >= 11 is 0. The first-order valence-electron chi connectivity index (χ1n) is 5.47. The van der Waals surface area contributed by atoms with E-state index in [0.717, 1.165) is 0 Å². The van der Waals surface area contributed by atoms with Crippen molar-refractivity contribution in [2.24, 2.45) is 0 Å². The summed E-state index contributed by atoms with van der Waals surface area (Å²) in [5, 5.41) is 2.21. The Morgan fingerprint density at radius 3 is 2.21 bits per heavy atom. The van der Waals surface area contributed by atoms with Crippen LogP contribution in [0.3, 0.4) is 0 Å². The molecule has 1 atom stereocenters. The van der Waals surface area contributed by atoms with Crippen LogP contribution in [0.2, 0.25) is 0 Å². The first-order valence-corrected chi connectivity index (χ1v) is 7.29. The second kappa shape index (κ2) is 4.95. The molecule has 0 radical (unpaired) electrons. The van der Waals surface area contributed by atoms with Gasteiger partial charge in [0.25, 0.3) is 11.9 Å². The van der Waals surface area contributed by atoms with Crippen molar-refractivity contribution >= 4 is 15.5 Å². The van der Waals surface area contributed by atoms with Crippen LogP contribution < -0.4 is 5.32 Å². The normalized spacial score (nSPS) is 22.2. The van der Waals surface area contributed by atoms with Crippen LogP contribution in [0.4, 0.5) is 23.2 Å². The number of pyridine rings is 1. The molecule has 19 heavy (non-hydrogen) atoms. The highest BCUT2D eigenvalue weighted by atomic mass is 32.2. The van der Waals surface area contributed by atoms with Crippen LogP contribution >= 0.6 is 0 Å². The predicted octanol–water partition coefficient (Wildman–Crippen LogP) is 1.63. The molecule has 0 amide bonds. The zero-order valence-electron chi connectivity index (χ0n) is 9.59. The number of anilines is 1. The largest absolute Gasteiger partial charge is 0.376 e. The van der Waals surface area contributed by atoms with E-state index in [0.29, 0.717) is 12.8 Å². The zero-order chi connectivity index (χ0) is 14.2. The molecule has 4 nitrogen and oxygen atoms in total.